The van der Waals surface area contributed by atoms with Gasteiger partial charge in [0.1, 0.15) is 10.8 Å². The number of hydrogen-bond acceptors (Lipinski definition) is 5. The molecule has 2 aromatic carbocycles. The van der Waals surface area contributed by atoms with E-state index < -0.39 is 0 Å². The molecule has 2 heterocycles. The molecule has 2 aromatic heterocycles. The fourth-order valence-electron chi connectivity index (χ4n) is 2.52. The minimum absolute atomic E-state index is 0.613. The lowest BCUT2D eigenvalue weighted by atomic mass is 10.2. The fourth-order valence-corrected chi connectivity index (χ4v) is 3.56. The van der Waals surface area contributed by atoms with Gasteiger partial charge in [-0.25, -0.2) is 0 Å². The van der Waals surface area contributed by atoms with E-state index in [1.807, 2.05) is 30.3 Å². The van der Waals surface area contributed by atoms with E-state index >= 15 is 0 Å². The van der Waals surface area contributed by atoms with Crippen LogP contribution in [0.1, 0.15) is 10.6 Å². The van der Waals surface area contributed by atoms with Crippen molar-refractivity contribution in [2.75, 3.05) is 7.11 Å². The van der Waals surface area contributed by atoms with Crippen molar-refractivity contribution in [3.05, 3.63) is 64.1 Å². The van der Waals surface area contributed by atoms with Gasteiger partial charge in [0.15, 0.2) is 5.82 Å². The largest absolute Gasteiger partial charge is 0.496 e. The van der Waals surface area contributed by atoms with Crippen molar-refractivity contribution in [3.63, 3.8) is 0 Å². The highest BCUT2D eigenvalue weighted by Gasteiger charge is 2.17. The van der Waals surface area contributed by atoms with Crippen LogP contribution in [-0.4, -0.2) is 26.9 Å². The maximum atomic E-state index is 6.12. The summed E-state index contributed by atoms with van der Waals surface area (Å²) in [5.74, 6) is 1.31. The average Bonchev–Trinajstić information content (AvgIpc) is 3.15. The summed E-state index contributed by atoms with van der Waals surface area (Å²) in [6.07, 6.45) is 0.765. The molecule has 0 bridgehead atoms. The maximum absolute atomic E-state index is 6.12. The second-order valence-electron chi connectivity index (χ2n) is 5.22. The number of fused-ring (bicyclic) bond motifs is 1. The third-order valence-corrected chi connectivity index (χ3v) is 4.77. The van der Waals surface area contributed by atoms with Crippen molar-refractivity contribution in [2.45, 2.75) is 6.42 Å². The molecule has 0 atom stereocenters. The monoisotopic (exact) mass is 356 g/mol. The molecule has 4 rings (SSSR count). The average molecular weight is 357 g/mol. The zero-order chi connectivity index (χ0) is 16.5. The molecule has 0 aliphatic rings. The van der Waals surface area contributed by atoms with Gasteiger partial charge in [-0.3, -0.25) is 0 Å². The van der Waals surface area contributed by atoms with E-state index in [2.05, 4.69) is 27.4 Å². The van der Waals surface area contributed by atoms with Gasteiger partial charge in [-0.15, -0.1) is 10.2 Å². The smallest absolute Gasteiger partial charge is 0.234 e. The zero-order valence-corrected chi connectivity index (χ0v) is 14.4. The fraction of sp³-hybridized carbons (Fsp3) is 0.118. The topological polar surface area (TPSA) is 52.3 Å². The SMILES string of the molecule is COc1ccc(Cl)cc1-c1nnc2sc(Cc3ccccc3)nn12. The van der Waals surface area contributed by atoms with E-state index in [1.54, 1.807) is 17.7 Å². The van der Waals surface area contributed by atoms with E-state index in [0.29, 0.717) is 16.6 Å². The van der Waals surface area contributed by atoms with Crippen LogP contribution < -0.4 is 4.74 Å². The van der Waals surface area contributed by atoms with Crippen molar-refractivity contribution in [1.29, 1.82) is 0 Å². The van der Waals surface area contributed by atoms with Crippen molar-refractivity contribution < 1.29 is 4.74 Å². The first-order valence-electron chi connectivity index (χ1n) is 7.33. The van der Waals surface area contributed by atoms with Gasteiger partial charge in [0, 0.05) is 11.4 Å². The van der Waals surface area contributed by atoms with Crippen molar-refractivity contribution in [2.24, 2.45) is 0 Å². The Morgan fingerprint density at radius 2 is 1.96 bits per heavy atom. The van der Waals surface area contributed by atoms with Gasteiger partial charge in [0.2, 0.25) is 4.96 Å². The molecule has 24 heavy (non-hydrogen) atoms. The molecule has 0 fully saturated rings. The summed E-state index contributed by atoms with van der Waals surface area (Å²) < 4.78 is 7.16. The van der Waals surface area contributed by atoms with Crippen LogP contribution >= 0.6 is 22.9 Å². The Balaban J connectivity index is 1.77. The summed E-state index contributed by atoms with van der Waals surface area (Å²) >= 11 is 7.65. The molecule has 7 heteroatoms. The highest BCUT2D eigenvalue weighted by molar-refractivity contribution is 7.16. The number of benzene rings is 2. The molecule has 0 spiro atoms. The van der Waals surface area contributed by atoms with Crippen LogP contribution in [0.5, 0.6) is 5.75 Å². The van der Waals surface area contributed by atoms with Crippen LogP contribution in [0.15, 0.2) is 48.5 Å². The molecule has 4 aromatic rings. The van der Waals surface area contributed by atoms with Gasteiger partial charge in [-0.05, 0) is 23.8 Å². The van der Waals surface area contributed by atoms with Gasteiger partial charge >= 0.3 is 0 Å². The first-order valence-corrected chi connectivity index (χ1v) is 8.53. The number of methoxy groups -OCH3 is 1. The molecule has 5 nitrogen and oxygen atoms in total. The van der Waals surface area contributed by atoms with Gasteiger partial charge in [-0.2, -0.15) is 9.61 Å². The molecule has 0 saturated heterocycles. The zero-order valence-electron chi connectivity index (χ0n) is 12.8. The molecular formula is C17H13ClN4OS. The Hall–Kier alpha value is -2.44. The number of rotatable bonds is 4. The van der Waals surface area contributed by atoms with E-state index in [-0.39, 0.29) is 0 Å². The van der Waals surface area contributed by atoms with E-state index in [1.165, 1.54) is 16.9 Å². The molecular weight excluding hydrogens is 344 g/mol. The normalized spacial score (nSPS) is 11.1. The Kier molecular flexibility index (Phi) is 3.92. The standard InChI is InChI=1S/C17H13ClN4OS/c1-23-14-8-7-12(18)10-13(14)16-19-20-17-22(16)21-15(24-17)9-11-5-3-2-4-6-11/h2-8,10H,9H2,1H3. The van der Waals surface area contributed by atoms with Gasteiger partial charge < -0.3 is 4.74 Å². The summed E-state index contributed by atoms with van der Waals surface area (Å²) in [6, 6.07) is 15.6. The second-order valence-corrected chi connectivity index (χ2v) is 6.70. The Morgan fingerprint density at radius 1 is 1.12 bits per heavy atom. The molecule has 120 valence electrons. The number of nitrogens with zero attached hydrogens (tertiary/aromatic N) is 4. The summed E-state index contributed by atoms with van der Waals surface area (Å²) in [4.78, 5) is 0.748. The number of halogens is 1. The summed E-state index contributed by atoms with van der Waals surface area (Å²) in [5.41, 5.74) is 1.98. The minimum atomic E-state index is 0.613. The van der Waals surface area contributed by atoms with Crippen LogP contribution in [0.4, 0.5) is 0 Å². The van der Waals surface area contributed by atoms with Crippen LogP contribution in [0, 0.1) is 0 Å². The molecule has 0 aliphatic carbocycles. The predicted molar refractivity (Wildman–Crippen MR) is 94.9 cm³/mol. The maximum Gasteiger partial charge on any atom is 0.234 e. The molecule has 0 unspecified atom stereocenters. The Morgan fingerprint density at radius 3 is 2.75 bits per heavy atom. The van der Waals surface area contributed by atoms with Crippen LogP contribution in [0.25, 0.3) is 16.3 Å². The van der Waals surface area contributed by atoms with E-state index in [9.17, 15) is 0 Å². The third-order valence-electron chi connectivity index (χ3n) is 3.63. The summed E-state index contributed by atoms with van der Waals surface area (Å²) in [5, 5.41) is 14.7. The van der Waals surface area contributed by atoms with Gasteiger partial charge in [-0.1, -0.05) is 53.3 Å². The first kappa shape index (κ1) is 15.1. The van der Waals surface area contributed by atoms with Crippen molar-refractivity contribution >= 4 is 27.9 Å². The highest BCUT2D eigenvalue weighted by Crippen LogP contribution is 2.32. The molecule has 0 aliphatic heterocycles. The molecule has 0 radical (unpaired) electrons. The van der Waals surface area contributed by atoms with Crippen LogP contribution in [0.2, 0.25) is 5.02 Å². The van der Waals surface area contributed by atoms with E-state index in [0.717, 1.165) is 22.0 Å². The lowest BCUT2D eigenvalue weighted by molar-refractivity contribution is 0.416. The Bertz CT molecular complexity index is 996. The lowest BCUT2D eigenvalue weighted by Gasteiger charge is -2.06. The van der Waals surface area contributed by atoms with Gasteiger partial charge in [0.25, 0.3) is 0 Å². The van der Waals surface area contributed by atoms with E-state index in [4.69, 9.17) is 16.3 Å². The van der Waals surface area contributed by atoms with Crippen molar-refractivity contribution in [1.82, 2.24) is 19.8 Å². The third kappa shape index (κ3) is 2.74. The highest BCUT2D eigenvalue weighted by atomic mass is 35.5. The van der Waals surface area contributed by atoms with Crippen molar-refractivity contribution in [3.8, 4) is 17.1 Å². The summed E-state index contributed by atoms with van der Waals surface area (Å²) in [6.45, 7) is 0. The van der Waals surface area contributed by atoms with Gasteiger partial charge in [0.05, 0.1) is 12.7 Å². The summed E-state index contributed by atoms with van der Waals surface area (Å²) in [7, 11) is 1.62. The Labute approximate surface area is 147 Å². The first-order chi connectivity index (χ1) is 11.7. The number of ether oxygens (including phenoxy) is 1. The minimum Gasteiger partial charge on any atom is -0.496 e. The second kappa shape index (κ2) is 6.22. The molecule has 0 amide bonds. The van der Waals surface area contributed by atoms with Crippen LogP contribution in [-0.2, 0) is 6.42 Å². The molecule has 0 saturated carbocycles. The number of hydrogen-bond donors (Lipinski definition) is 0. The predicted octanol–water partition coefficient (Wildman–Crippen LogP) is 4.11. The lowest BCUT2D eigenvalue weighted by Crippen LogP contribution is -1.96. The number of aromatic nitrogens is 4. The van der Waals surface area contributed by atoms with Crippen LogP contribution in [0.3, 0.4) is 0 Å². The molecule has 0 N–H and O–H groups in total. The quantitative estimate of drug-likeness (QED) is 0.552.